The van der Waals surface area contributed by atoms with Gasteiger partial charge in [-0.25, -0.2) is 4.39 Å². The van der Waals surface area contributed by atoms with Gasteiger partial charge in [-0.3, -0.25) is 4.99 Å². The van der Waals surface area contributed by atoms with E-state index in [0.29, 0.717) is 5.92 Å². The minimum absolute atomic E-state index is 0.137. The summed E-state index contributed by atoms with van der Waals surface area (Å²) in [6, 6.07) is 6.92. The fourth-order valence-electron chi connectivity index (χ4n) is 1.94. The van der Waals surface area contributed by atoms with Gasteiger partial charge in [-0.15, -0.1) is 0 Å². The van der Waals surface area contributed by atoms with E-state index in [-0.39, 0.29) is 17.8 Å². The van der Waals surface area contributed by atoms with Gasteiger partial charge in [-0.1, -0.05) is 12.1 Å². The molecule has 0 radical (unpaired) electrons. The standard InChI is InChI=1S/C11H14FN3/c12-9-3-1-2-7(4-9)8-5-10(6-8)15-11(13)14/h1-4,8,10H,5-6H2,(H4,13,14,15). The van der Waals surface area contributed by atoms with Gasteiger partial charge in [-0.05, 0) is 36.5 Å². The monoisotopic (exact) mass is 207 g/mol. The Morgan fingerprint density at radius 1 is 1.33 bits per heavy atom. The molecule has 1 aromatic carbocycles. The molecule has 80 valence electrons. The number of halogens is 1. The normalized spacial score (nSPS) is 24.3. The van der Waals surface area contributed by atoms with E-state index in [1.165, 1.54) is 6.07 Å². The fourth-order valence-corrected chi connectivity index (χ4v) is 1.94. The quantitative estimate of drug-likeness (QED) is 0.568. The molecule has 1 aliphatic rings. The van der Waals surface area contributed by atoms with Crippen molar-refractivity contribution in [2.45, 2.75) is 24.8 Å². The summed E-state index contributed by atoms with van der Waals surface area (Å²) >= 11 is 0. The Balaban J connectivity index is 1.97. The van der Waals surface area contributed by atoms with Gasteiger partial charge in [0.1, 0.15) is 5.82 Å². The zero-order valence-corrected chi connectivity index (χ0v) is 8.36. The van der Waals surface area contributed by atoms with E-state index in [0.717, 1.165) is 18.4 Å². The Morgan fingerprint density at radius 2 is 2.07 bits per heavy atom. The molecule has 0 aromatic heterocycles. The Hall–Kier alpha value is -1.58. The average molecular weight is 207 g/mol. The van der Waals surface area contributed by atoms with Crippen molar-refractivity contribution in [2.24, 2.45) is 16.5 Å². The number of rotatable bonds is 2. The Labute approximate surface area is 88.0 Å². The second-order valence-corrected chi connectivity index (χ2v) is 3.93. The summed E-state index contributed by atoms with van der Waals surface area (Å²) in [7, 11) is 0. The highest BCUT2D eigenvalue weighted by molar-refractivity contribution is 5.76. The first-order chi connectivity index (χ1) is 7.15. The first kappa shape index (κ1) is 9.96. The van der Waals surface area contributed by atoms with Crippen LogP contribution in [0, 0.1) is 5.82 Å². The molecular formula is C11H14FN3. The predicted molar refractivity (Wildman–Crippen MR) is 58.0 cm³/mol. The van der Waals surface area contributed by atoms with E-state index in [2.05, 4.69) is 4.99 Å². The zero-order valence-electron chi connectivity index (χ0n) is 8.36. The molecule has 15 heavy (non-hydrogen) atoms. The molecule has 1 aromatic rings. The van der Waals surface area contributed by atoms with E-state index in [4.69, 9.17) is 11.5 Å². The molecule has 0 unspecified atom stereocenters. The van der Waals surface area contributed by atoms with Gasteiger partial charge in [0, 0.05) is 0 Å². The molecule has 1 saturated carbocycles. The lowest BCUT2D eigenvalue weighted by atomic mass is 9.76. The largest absolute Gasteiger partial charge is 0.370 e. The molecule has 0 spiro atoms. The van der Waals surface area contributed by atoms with Crippen molar-refractivity contribution < 1.29 is 4.39 Å². The van der Waals surface area contributed by atoms with E-state index in [9.17, 15) is 4.39 Å². The number of aliphatic imine (C=N–C) groups is 1. The molecular weight excluding hydrogens is 193 g/mol. The van der Waals surface area contributed by atoms with Crippen molar-refractivity contribution in [3.05, 3.63) is 35.6 Å². The summed E-state index contributed by atoms with van der Waals surface area (Å²) in [5.41, 5.74) is 11.6. The number of hydrogen-bond donors (Lipinski definition) is 2. The molecule has 2 rings (SSSR count). The average Bonchev–Trinajstić information content (AvgIpc) is 2.10. The summed E-state index contributed by atoms with van der Waals surface area (Å²) in [4.78, 5) is 4.06. The van der Waals surface area contributed by atoms with Gasteiger partial charge in [-0.2, -0.15) is 0 Å². The maximum atomic E-state index is 12.9. The van der Waals surface area contributed by atoms with Crippen molar-refractivity contribution >= 4 is 5.96 Å². The Kier molecular flexibility index (Phi) is 2.58. The first-order valence-corrected chi connectivity index (χ1v) is 4.99. The maximum Gasteiger partial charge on any atom is 0.186 e. The molecule has 0 aliphatic heterocycles. The molecule has 0 amide bonds. The van der Waals surface area contributed by atoms with Gasteiger partial charge in [0.25, 0.3) is 0 Å². The van der Waals surface area contributed by atoms with E-state index in [1.807, 2.05) is 6.07 Å². The minimum Gasteiger partial charge on any atom is -0.370 e. The van der Waals surface area contributed by atoms with Crippen LogP contribution >= 0.6 is 0 Å². The predicted octanol–water partition coefficient (Wildman–Crippen LogP) is 1.35. The number of hydrogen-bond acceptors (Lipinski definition) is 1. The van der Waals surface area contributed by atoms with Gasteiger partial charge in [0.05, 0.1) is 6.04 Å². The van der Waals surface area contributed by atoms with Crippen LogP contribution in [0.3, 0.4) is 0 Å². The summed E-state index contributed by atoms with van der Waals surface area (Å²) < 4.78 is 12.9. The van der Waals surface area contributed by atoms with Crippen LogP contribution in [0.4, 0.5) is 4.39 Å². The topological polar surface area (TPSA) is 64.4 Å². The smallest absolute Gasteiger partial charge is 0.186 e. The Bertz CT molecular complexity index is 379. The van der Waals surface area contributed by atoms with Crippen LogP contribution in [0.15, 0.2) is 29.3 Å². The van der Waals surface area contributed by atoms with Crippen LogP contribution in [0.5, 0.6) is 0 Å². The SMILES string of the molecule is NC(N)=NC1CC(c2cccc(F)c2)C1. The van der Waals surface area contributed by atoms with Crippen molar-refractivity contribution in [3.8, 4) is 0 Å². The van der Waals surface area contributed by atoms with Crippen molar-refractivity contribution in [2.75, 3.05) is 0 Å². The third kappa shape index (κ3) is 2.26. The van der Waals surface area contributed by atoms with Crippen molar-refractivity contribution in [3.63, 3.8) is 0 Å². The Morgan fingerprint density at radius 3 is 2.67 bits per heavy atom. The van der Waals surface area contributed by atoms with Gasteiger partial charge >= 0.3 is 0 Å². The number of nitrogens with zero attached hydrogens (tertiary/aromatic N) is 1. The molecule has 0 saturated heterocycles. The summed E-state index contributed by atoms with van der Waals surface area (Å²) in [5.74, 6) is 0.351. The van der Waals surface area contributed by atoms with Crippen LogP contribution in [0.2, 0.25) is 0 Å². The first-order valence-electron chi connectivity index (χ1n) is 4.99. The highest BCUT2D eigenvalue weighted by Crippen LogP contribution is 2.38. The molecule has 1 aliphatic carbocycles. The van der Waals surface area contributed by atoms with Gasteiger partial charge in [0.15, 0.2) is 5.96 Å². The number of benzene rings is 1. The molecule has 4 heteroatoms. The highest BCUT2D eigenvalue weighted by Gasteiger charge is 2.30. The van der Waals surface area contributed by atoms with E-state index in [1.54, 1.807) is 12.1 Å². The summed E-state index contributed by atoms with van der Waals surface area (Å²) in [5, 5.41) is 0. The zero-order chi connectivity index (χ0) is 10.8. The van der Waals surface area contributed by atoms with Gasteiger partial charge in [0.2, 0.25) is 0 Å². The van der Waals surface area contributed by atoms with Crippen LogP contribution < -0.4 is 11.5 Å². The van der Waals surface area contributed by atoms with Gasteiger partial charge < -0.3 is 11.5 Å². The molecule has 4 N–H and O–H groups in total. The molecule has 3 nitrogen and oxygen atoms in total. The molecule has 1 fully saturated rings. The van der Waals surface area contributed by atoms with Crippen LogP contribution in [-0.2, 0) is 0 Å². The lowest BCUT2D eigenvalue weighted by Gasteiger charge is -2.32. The highest BCUT2D eigenvalue weighted by atomic mass is 19.1. The third-order valence-corrected chi connectivity index (χ3v) is 2.76. The summed E-state index contributed by atoms with van der Waals surface area (Å²) in [6.45, 7) is 0. The summed E-state index contributed by atoms with van der Waals surface area (Å²) in [6.07, 6.45) is 1.81. The van der Waals surface area contributed by atoms with Crippen molar-refractivity contribution in [1.82, 2.24) is 0 Å². The third-order valence-electron chi connectivity index (χ3n) is 2.76. The van der Waals surface area contributed by atoms with Crippen LogP contribution in [0.25, 0.3) is 0 Å². The number of nitrogens with two attached hydrogens (primary N) is 2. The minimum atomic E-state index is -0.183. The number of guanidine groups is 1. The van der Waals surface area contributed by atoms with E-state index < -0.39 is 0 Å². The maximum absolute atomic E-state index is 12.9. The van der Waals surface area contributed by atoms with Crippen LogP contribution in [-0.4, -0.2) is 12.0 Å². The molecule has 0 bridgehead atoms. The fraction of sp³-hybridized carbons (Fsp3) is 0.364. The van der Waals surface area contributed by atoms with E-state index >= 15 is 0 Å². The molecule has 0 atom stereocenters. The molecule has 0 heterocycles. The van der Waals surface area contributed by atoms with Crippen LogP contribution in [0.1, 0.15) is 24.3 Å². The second-order valence-electron chi connectivity index (χ2n) is 3.93. The lowest BCUT2D eigenvalue weighted by molar-refractivity contribution is 0.352. The lowest BCUT2D eigenvalue weighted by Crippen LogP contribution is -2.31. The second kappa shape index (κ2) is 3.88. The van der Waals surface area contributed by atoms with Crippen molar-refractivity contribution in [1.29, 1.82) is 0 Å².